The van der Waals surface area contributed by atoms with Gasteiger partial charge in [-0.05, 0) is 59.7 Å². The normalized spacial score (nSPS) is 12.0. The number of rotatable bonds is 9. The summed E-state index contributed by atoms with van der Waals surface area (Å²) in [6.45, 7) is 1.76. The quantitative estimate of drug-likeness (QED) is 0.165. The zero-order chi connectivity index (χ0) is 33.1. The monoisotopic (exact) mass is 652 g/mol. The number of alkyl halides is 6. The summed E-state index contributed by atoms with van der Waals surface area (Å²) in [5.74, 6) is -1.97. The topological polar surface area (TPSA) is 92.2 Å². The van der Waals surface area contributed by atoms with Crippen LogP contribution in [0, 0.1) is 5.92 Å². The molecule has 3 amide bonds. The average Bonchev–Trinajstić information content (AvgIpc) is 3.30. The van der Waals surface area contributed by atoms with Gasteiger partial charge in [0.05, 0.1) is 16.1 Å². The largest absolute Gasteiger partial charge is 0.416 e. The fraction of sp³-hybridized carbons (Fsp3) is 0.258. The number of hydrogen-bond donors (Lipinski definition) is 3. The third-order valence-corrected chi connectivity index (χ3v) is 7.03. The van der Waals surface area contributed by atoms with Crippen molar-refractivity contribution in [2.45, 2.75) is 45.8 Å². The second-order valence-electron chi connectivity index (χ2n) is 10.5. The summed E-state index contributed by atoms with van der Waals surface area (Å²) in [4.78, 5) is 38.0. The highest BCUT2D eigenvalue weighted by Crippen LogP contribution is 2.31. The first kappa shape index (κ1) is 33.4. The number of halogens is 7. The Hall–Kier alpha value is -4.52. The smallest absolute Gasteiger partial charge is 0.352 e. The van der Waals surface area contributed by atoms with Gasteiger partial charge in [0.25, 0.3) is 11.8 Å². The van der Waals surface area contributed by atoms with Gasteiger partial charge in [-0.1, -0.05) is 43.6 Å². The number of anilines is 1. The van der Waals surface area contributed by atoms with E-state index < -0.39 is 36.3 Å². The Balaban J connectivity index is 1.57. The predicted octanol–water partition coefficient (Wildman–Crippen LogP) is 7.33. The summed E-state index contributed by atoms with van der Waals surface area (Å²) in [5, 5.41) is 8.08. The Morgan fingerprint density at radius 3 is 2.18 bits per heavy atom. The van der Waals surface area contributed by atoms with E-state index in [0.717, 1.165) is 22.8 Å². The molecule has 4 rings (SSSR count). The summed E-state index contributed by atoms with van der Waals surface area (Å²) in [5.41, 5.74) is -0.265. The van der Waals surface area contributed by atoms with Crippen LogP contribution in [0.4, 0.5) is 32.0 Å². The molecule has 238 valence electrons. The predicted molar refractivity (Wildman–Crippen MR) is 157 cm³/mol. The van der Waals surface area contributed by atoms with Gasteiger partial charge in [0.1, 0.15) is 12.2 Å². The number of nitrogens with one attached hydrogen (secondary N) is 3. The van der Waals surface area contributed by atoms with E-state index in [0.29, 0.717) is 5.56 Å². The molecule has 1 heterocycles. The van der Waals surface area contributed by atoms with Gasteiger partial charge in [0, 0.05) is 35.6 Å². The fourth-order valence-corrected chi connectivity index (χ4v) is 4.67. The minimum absolute atomic E-state index is 0.0375. The number of carbonyl (C=O) groups excluding carboxylic acids is 3. The molecule has 0 fully saturated rings. The molecule has 0 aliphatic carbocycles. The van der Waals surface area contributed by atoms with E-state index in [1.807, 2.05) is 0 Å². The molecule has 3 aromatic carbocycles. The number of hydrogen-bond acceptors (Lipinski definition) is 3. The number of benzene rings is 3. The van der Waals surface area contributed by atoms with Crippen molar-refractivity contribution in [2.24, 2.45) is 5.92 Å². The van der Waals surface area contributed by atoms with Crippen LogP contribution in [0.25, 0.3) is 10.9 Å². The van der Waals surface area contributed by atoms with E-state index in [9.17, 15) is 40.7 Å². The summed E-state index contributed by atoms with van der Waals surface area (Å²) >= 11 is 6.23. The van der Waals surface area contributed by atoms with Gasteiger partial charge < -0.3 is 20.5 Å². The van der Waals surface area contributed by atoms with Crippen LogP contribution in [0.5, 0.6) is 0 Å². The molecule has 3 N–H and O–H groups in total. The molecule has 0 unspecified atom stereocenters. The number of nitrogens with zero attached hydrogens (tertiary/aromatic N) is 1. The molecule has 0 spiro atoms. The molecular weight excluding hydrogens is 626 g/mol. The van der Waals surface area contributed by atoms with Gasteiger partial charge >= 0.3 is 12.4 Å². The van der Waals surface area contributed by atoms with Gasteiger partial charge in [-0.15, -0.1) is 0 Å². The first-order valence-corrected chi connectivity index (χ1v) is 13.9. The highest BCUT2D eigenvalue weighted by Gasteiger charge is 2.32. The van der Waals surface area contributed by atoms with Gasteiger partial charge in [-0.25, -0.2) is 0 Å². The maximum absolute atomic E-state index is 13.5. The first-order chi connectivity index (χ1) is 21.0. The zero-order valence-corrected chi connectivity index (χ0v) is 24.6. The van der Waals surface area contributed by atoms with Crippen molar-refractivity contribution in [1.82, 2.24) is 15.2 Å². The first-order valence-electron chi connectivity index (χ1n) is 13.5. The van der Waals surface area contributed by atoms with E-state index in [4.69, 9.17) is 11.6 Å². The van der Waals surface area contributed by atoms with E-state index in [1.54, 1.807) is 19.9 Å². The molecule has 0 bridgehead atoms. The van der Waals surface area contributed by atoms with E-state index in [1.165, 1.54) is 42.5 Å². The third-order valence-electron chi connectivity index (χ3n) is 6.70. The Labute approximate surface area is 258 Å². The second-order valence-corrected chi connectivity index (χ2v) is 10.9. The molecule has 7 nitrogen and oxygen atoms in total. The fourth-order valence-electron chi connectivity index (χ4n) is 4.47. The van der Waals surface area contributed by atoms with Crippen LogP contribution in [0.2, 0.25) is 5.02 Å². The number of carbonyl (C=O) groups is 3. The molecule has 4 aromatic rings. The lowest BCUT2D eigenvalue weighted by atomic mass is 10.1. The standard InChI is InChI=1S/C31H27ClF6N4O3/c1-17(2)27(43)39-15-19-6-8-24(32)23(11-19)28(44)41-22-7-9-25-20(12-22)13-26(42(25)16-30(33,34)35)29(45)40-14-18-4-3-5-21(10-18)31(36,37)38/h3-13,17H,14-16H2,1-2H3,(H,39,43)(H,40,45)(H,41,44). The molecule has 0 atom stereocenters. The van der Waals surface area contributed by atoms with Crippen LogP contribution in [0.3, 0.4) is 0 Å². The minimum Gasteiger partial charge on any atom is -0.352 e. The van der Waals surface area contributed by atoms with Crippen molar-refractivity contribution in [1.29, 1.82) is 0 Å². The van der Waals surface area contributed by atoms with Gasteiger partial charge in [0.15, 0.2) is 0 Å². The van der Waals surface area contributed by atoms with Crippen LogP contribution < -0.4 is 16.0 Å². The molecule has 0 aliphatic rings. The molecule has 45 heavy (non-hydrogen) atoms. The van der Waals surface area contributed by atoms with E-state index >= 15 is 0 Å². The van der Waals surface area contributed by atoms with Gasteiger partial charge in [0.2, 0.25) is 5.91 Å². The molecule has 0 saturated carbocycles. The molecule has 1 aromatic heterocycles. The lowest BCUT2D eigenvalue weighted by Crippen LogP contribution is -2.28. The number of aromatic nitrogens is 1. The van der Waals surface area contributed by atoms with Crippen LogP contribution in [0.1, 0.15) is 51.4 Å². The van der Waals surface area contributed by atoms with E-state index in [-0.39, 0.29) is 63.3 Å². The SMILES string of the molecule is CC(C)C(=O)NCc1ccc(Cl)c(C(=O)Nc2ccc3c(c2)cc(C(=O)NCc2cccc(C(F)(F)F)c2)n3CC(F)(F)F)c1. The van der Waals surface area contributed by atoms with Crippen molar-refractivity contribution < 1.29 is 40.7 Å². The van der Waals surface area contributed by atoms with Crippen molar-refractivity contribution in [3.8, 4) is 0 Å². The van der Waals surface area contributed by atoms with Crippen LogP contribution in [0.15, 0.2) is 66.7 Å². The summed E-state index contributed by atoms with van der Waals surface area (Å²) < 4.78 is 80.4. The maximum atomic E-state index is 13.5. The summed E-state index contributed by atoms with van der Waals surface area (Å²) in [6, 6.07) is 14.1. The Bertz CT molecular complexity index is 1750. The molecule has 0 aliphatic heterocycles. The molecule has 0 saturated heterocycles. The molecule has 14 heteroatoms. The molecular formula is C31H27ClF6N4O3. The van der Waals surface area contributed by atoms with Crippen molar-refractivity contribution in [3.05, 3.63) is 99.7 Å². The summed E-state index contributed by atoms with van der Waals surface area (Å²) in [6.07, 6.45) is -9.31. The highest BCUT2D eigenvalue weighted by molar-refractivity contribution is 6.34. The van der Waals surface area contributed by atoms with Crippen molar-refractivity contribution in [2.75, 3.05) is 5.32 Å². The molecule has 0 radical (unpaired) electrons. The van der Waals surface area contributed by atoms with Gasteiger partial charge in [-0.2, -0.15) is 26.3 Å². The average molecular weight is 653 g/mol. The lowest BCUT2D eigenvalue weighted by molar-refractivity contribution is -0.140. The third kappa shape index (κ3) is 8.56. The van der Waals surface area contributed by atoms with Crippen molar-refractivity contribution in [3.63, 3.8) is 0 Å². The van der Waals surface area contributed by atoms with Crippen molar-refractivity contribution >= 4 is 45.9 Å². The van der Waals surface area contributed by atoms with Crippen LogP contribution in [-0.4, -0.2) is 28.5 Å². The van der Waals surface area contributed by atoms with Crippen LogP contribution in [-0.2, 0) is 30.6 Å². The second kappa shape index (κ2) is 13.2. The Kier molecular flexibility index (Phi) is 9.81. The summed E-state index contributed by atoms with van der Waals surface area (Å²) in [7, 11) is 0. The van der Waals surface area contributed by atoms with Gasteiger partial charge in [-0.3, -0.25) is 14.4 Å². The Morgan fingerprint density at radius 2 is 1.51 bits per heavy atom. The minimum atomic E-state index is -4.70. The Morgan fingerprint density at radius 1 is 0.822 bits per heavy atom. The van der Waals surface area contributed by atoms with E-state index in [2.05, 4.69) is 16.0 Å². The number of amides is 3. The maximum Gasteiger partial charge on any atom is 0.416 e. The highest BCUT2D eigenvalue weighted by atomic mass is 35.5. The lowest BCUT2D eigenvalue weighted by Gasteiger charge is -2.14. The van der Waals surface area contributed by atoms with Crippen LogP contribution >= 0.6 is 11.6 Å². The zero-order valence-electron chi connectivity index (χ0n) is 23.9. The number of fused-ring (bicyclic) bond motifs is 1.